The summed E-state index contributed by atoms with van der Waals surface area (Å²) < 4.78 is 5.41. The molecule has 1 fully saturated rings. The standard InChI is InChI=1S/C13H20N2O2/c1-15(12-10-17-9-5-13(12)16)8-4-11-2-6-14-7-3-11/h2-3,6-7,12-13,16H,4-5,8-10H2,1H3. The zero-order valence-electron chi connectivity index (χ0n) is 10.2. The molecule has 0 saturated carbocycles. The molecule has 4 heteroatoms. The molecule has 0 aliphatic carbocycles. The van der Waals surface area contributed by atoms with Crippen LogP contribution in [0.25, 0.3) is 0 Å². The first-order chi connectivity index (χ1) is 8.27. The average Bonchev–Trinajstić information content (AvgIpc) is 2.38. The molecule has 4 nitrogen and oxygen atoms in total. The van der Waals surface area contributed by atoms with Gasteiger partial charge in [0, 0.05) is 25.5 Å². The predicted octanol–water partition coefficient (Wildman–Crippen LogP) is 0.706. The Kier molecular flexibility index (Phi) is 4.48. The molecule has 17 heavy (non-hydrogen) atoms. The van der Waals surface area contributed by atoms with Crippen LogP contribution >= 0.6 is 0 Å². The van der Waals surface area contributed by atoms with Gasteiger partial charge in [-0.3, -0.25) is 9.88 Å². The van der Waals surface area contributed by atoms with Gasteiger partial charge >= 0.3 is 0 Å². The van der Waals surface area contributed by atoms with Gasteiger partial charge in [-0.15, -0.1) is 0 Å². The molecule has 1 aliphatic rings. The Morgan fingerprint density at radius 2 is 2.24 bits per heavy atom. The lowest BCUT2D eigenvalue weighted by molar-refractivity contribution is -0.0537. The first-order valence-corrected chi connectivity index (χ1v) is 6.12. The van der Waals surface area contributed by atoms with Crippen molar-refractivity contribution in [1.29, 1.82) is 0 Å². The van der Waals surface area contributed by atoms with Crippen LogP contribution in [0.5, 0.6) is 0 Å². The maximum absolute atomic E-state index is 9.90. The van der Waals surface area contributed by atoms with E-state index < -0.39 is 0 Å². The number of rotatable bonds is 4. The van der Waals surface area contributed by atoms with Crippen LogP contribution in [0, 0.1) is 0 Å². The molecule has 1 aromatic rings. The van der Waals surface area contributed by atoms with E-state index in [1.165, 1.54) is 5.56 Å². The van der Waals surface area contributed by atoms with E-state index in [4.69, 9.17) is 4.74 Å². The minimum absolute atomic E-state index is 0.130. The van der Waals surface area contributed by atoms with E-state index >= 15 is 0 Å². The summed E-state index contributed by atoms with van der Waals surface area (Å²) in [5.41, 5.74) is 1.28. The molecule has 2 unspecified atom stereocenters. The molecule has 1 aromatic heterocycles. The molecule has 94 valence electrons. The summed E-state index contributed by atoms with van der Waals surface area (Å²) in [4.78, 5) is 6.19. The molecular formula is C13H20N2O2. The number of hydrogen-bond donors (Lipinski definition) is 1. The van der Waals surface area contributed by atoms with Crippen LogP contribution in [0.15, 0.2) is 24.5 Å². The van der Waals surface area contributed by atoms with Crippen LogP contribution in [0.2, 0.25) is 0 Å². The van der Waals surface area contributed by atoms with Crippen LogP contribution in [-0.2, 0) is 11.2 Å². The van der Waals surface area contributed by atoms with Gasteiger partial charge in [-0.1, -0.05) is 0 Å². The second-order valence-electron chi connectivity index (χ2n) is 4.58. The number of hydrogen-bond acceptors (Lipinski definition) is 4. The summed E-state index contributed by atoms with van der Waals surface area (Å²) in [6.45, 7) is 2.24. The highest BCUT2D eigenvalue weighted by Gasteiger charge is 2.26. The highest BCUT2D eigenvalue weighted by atomic mass is 16.5. The van der Waals surface area contributed by atoms with E-state index in [1.807, 2.05) is 31.6 Å². The summed E-state index contributed by atoms with van der Waals surface area (Å²) in [7, 11) is 2.05. The van der Waals surface area contributed by atoms with Crippen molar-refractivity contribution >= 4 is 0 Å². The molecule has 1 aliphatic heterocycles. The number of nitrogens with zero attached hydrogens (tertiary/aromatic N) is 2. The van der Waals surface area contributed by atoms with E-state index in [-0.39, 0.29) is 12.1 Å². The summed E-state index contributed by atoms with van der Waals surface area (Å²) >= 11 is 0. The largest absolute Gasteiger partial charge is 0.391 e. The Labute approximate surface area is 102 Å². The zero-order valence-corrected chi connectivity index (χ0v) is 10.2. The van der Waals surface area contributed by atoms with Crippen molar-refractivity contribution in [2.45, 2.75) is 25.0 Å². The highest BCUT2D eigenvalue weighted by molar-refractivity contribution is 5.09. The molecule has 0 aromatic carbocycles. The van der Waals surface area contributed by atoms with Gasteiger partial charge in [0.05, 0.1) is 18.8 Å². The zero-order chi connectivity index (χ0) is 12.1. The number of aliphatic hydroxyl groups is 1. The van der Waals surface area contributed by atoms with Crippen molar-refractivity contribution in [3.8, 4) is 0 Å². The van der Waals surface area contributed by atoms with E-state index in [2.05, 4.69) is 9.88 Å². The van der Waals surface area contributed by atoms with E-state index in [0.29, 0.717) is 13.2 Å². The summed E-state index contributed by atoms with van der Waals surface area (Å²) in [6.07, 6.45) is 5.08. The molecule has 0 radical (unpaired) electrons. The van der Waals surface area contributed by atoms with Crippen LogP contribution < -0.4 is 0 Å². The minimum Gasteiger partial charge on any atom is -0.391 e. The monoisotopic (exact) mass is 236 g/mol. The van der Waals surface area contributed by atoms with Crippen LogP contribution in [0.3, 0.4) is 0 Å². The van der Waals surface area contributed by atoms with Crippen molar-refractivity contribution < 1.29 is 9.84 Å². The van der Waals surface area contributed by atoms with Gasteiger partial charge in [-0.2, -0.15) is 0 Å². The third-order valence-corrected chi connectivity index (χ3v) is 3.36. The molecule has 1 saturated heterocycles. The van der Waals surface area contributed by atoms with Gasteiger partial charge in [0.2, 0.25) is 0 Å². The minimum atomic E-state index is -0.258. The third kappa shape index (κ3) is 3.49. The molecular weight excluding hydrogens is 216 g/mol. The number of aromatic nitrogens is 1. The maximum atomic E-state index is 9.90. The van der Waals surface area contributed by atoms with Crippen molar-refractivity contribution in [1.82, 2.24) is 9.88 Å². The van der Waals surface area contributed by atoms with Crippen molar-refractivity contribution in [3.63, 3.8) is 0 Å². The number of likely N-dealkylation sites (N-methyl/N-ethyl adjacent to an activating group) is 1. The fraction of sp³-hybridized carbons (Fsp3) is 0.615. The Hall–Kier alpha value is -0.970. The van der Waals surface area contributed by atoms with Crippen molar-refractivity contribution in [3.05, 3.63) is 30.1 Å². The Balaban J connectivity index is 1.82. The number of ether oxygens (including phenoxy) is 1. The second-order valence-corrected chi connectivity index (χ2v) is 4.58. The van der Waals surface area contributed by atoms with E-state index in [0.717, 1.165) is 19.4 Å². The predicted molar refractivity (Wildman–Crippen MR) is 65.8 cm³/mol. The number of pyridine rings is 1. The van der Waals surface area contributed by atoms with Gasteiger partial charge in [-0.05, 0) is 37.6 Å². The number of aliphatic hydroxyl groups excluding tert-OH is 1. The Morgan fingerprint density at radius 3 is 2.94 bits per heavy atom. The van der Waals surface area contributed by atoms with E-state index in [1.54, 1.807) is 0 Å². The molecule has 2 atom stereocenters. The highest BCUT2D eigenvalue weighted by Crippen LogP contribution is 2.13. The van der Waals surface area contributed by atoms with Crippen molar-refractivity contribution in [2.24, 2.45) is 0 Å². The molecule has 1 N–H and O–H groups in total. The summed E-state index contributed by atoms with van der Waals surface area (Å²) in [6, 6.07) is 4.19. The summed E-state index contributed by atoms with van der Waals surface area (Å²) in [5, 5.41) is 9.90. The maximum Gasteiger partial charge on any atom is 0.0739 e. The van der Waals surface area contributed by atoms with Crippen molar-refractivity contribution in [2.75, 3.05) is 26.8 Å². The Morgan fingerprint density at radius 1 is 1.47 bits per heavy atom. The van der Waals surface area contributed by atoms with Gasteiger partial charge in [0.15, 0.2) is 0 Å². The lowest BCUT2D eigenvalue weighted by Gasteiger charge is -2.35. The van der Waals surface area contributed by atoms with E-state index in [9.17, 15) is 5.11 Å². The quantitative estimate of drug-likeness (QED) is 0.836. The van der Waals surface area contributed by atoms with Gasteiger partial charge in [0.25, 0.3) is 0 Å². The summed E-state index contributed by atoms with van der Waals surface area (Å²) in [5.74, 6) is 0. The molecule has 0 bridgehead atoms. The van der Waals surface area contributed by atoms with Gasteiger partial charge in [0.1, 0.15) is 0 Å². The smallest absolute Gasteiger partial charge is 0.0739 e. The molecule has 0 amide bonds. The average molecular weight is 236 g/mol. The molecule has 2 heterocycles. The molecule has 0 spiro atoms. The Bertz CT molecular complexity index is 331. The fourth-order valence-electron chi connectivity index (χ4n) is 2.15. The van der Waals surface area contributed by atoms with Crippen LogP contribution in [0.4, 0.5) is 0 Å². The lowest BCUT2D eigenvalue weighted by Crippen LogP contribution is -2.48. The SMILES string of the molecule is CN(CCc1ccncc1)C1COCCC1O. The lowest BCUT2D eigenvalue weighted by atomic mass is 10.0. The molecule has 2 rings (SSSR count). The van der Waals surface area contributed by atoms with Gasteiger partial charge < -0.3 is 9.84 Å². The first kappa shape index (κ1) is 12.5. The second kappa shape index (κ2) is 6.10. The first-order valence-electron chi connectivity index (χ1n) is 6.12. The van der Waals surface area contributed by atoms with Gasteiger partial charge in [-0.25, -0.2) is 0 Å². The van der Waals surface area contributed by atoms with Crippen LogP contribution in [0.1, 0.15) is 12.0 Å². The topological polar surface area (TPSA) is 45.6 Å². The third-order valence-electron chi connectivity index (χ3n) is 3.36. The van der Waals surface area contributed by atoms with Crippen LogP contribution in [-0.4, -0.2) is 53.9 Å². The normalized spacial score (nSPS) is 25.1. The fourth-order valence-corrected chi connectivity index (χ4v) is 2.15.